The number of rotatable bonds is 7. The van der Waals surface area contributed by atoms with E-state index < -0.39 is 23.7 Å². The van der Waals surface area contributed by atoms with Crippen LogP contribution in [-0.2, 0) is 14.3 Å². The maximum Gasteiger partial charge on any atom is 0.341 e. The predicted molar refractivity (Wildman–Crippen MR) is 91.2 cm³/mol. The van der Waals surface area contributed by atoms with Crippen molar-refractivity contribution in [1.82, 2.24) is 0 Å². The maximum atomic E-state index is 13.1. The van der Waals surface area contributed by atoms with Crippen LogP contribution in [0.2, 0.25) is 0 Å². The Morgan fingerprint density at radius 1 is 1.20 bits per heavy atom. The molecule has 0 saturated carbocycles. The second-order valence-corrected chi connectivity index (χ2v) is 5.90. The molecule has 2 N–H and O–H groups in total. The highest BCUT2D eigenvalue weighted by Crippen LogP contribution is 2.36. The lowest BCUT2D eigenvalue weighted by atomic mass is 10.0. The smallest absolute Gasteiger partial charge is 0.341 e. The number of carboxylic acids is 1. The first kappa shape index (κ1) is 18.6. The molecule has 0 saturated heterocycles. The number of hydrogen-bond donors (Lipinski definition) is 2. The van der Waals surface area contributed by atoms with Gasteiger partial charge < -0.3 is 15.2 Å². The van der Waals surface area contributed by atoms with E-state index in [4.69, 9.17) is 9.84 Å². The van der Waals surface area contributed by atoms with Crippen molar-refractivity contribution in [2.45, 2.75) is 19.8 Å². The average molecular weight is 365 g/mol. The van der Waals surface area contributed by atoms with E-state index in [1.165, 1.54) is 24.3 Å². The van der Waals surface area contributed by atoms with E-state index in [1.807, 2.05) is 0 Å². The Labute approximate surface area is 147 Å². The number of carbonyl (C=O) groups is 3. The second-order valence-electron chi connectivity index (χ2n) is 5.02. The minimum atomic E-state index is -1.08. The molecule has 1 heterocycles. The first-order chi connectivity index (χ1) is 11.9. The van der Waals surface area contributed by atoms with Crippen LogP contribution in [0.1, 0.15) is 30.1 Å². The van der Waals surface area contributed by atoms with Gasteiger partial charge in [0, 0.05) is 17.4 Å². The second kappa shape index (κ2) is 8.39. The number of aliphatic carboxylic acids is 1. The Kier molecular flexibility index (Phi) is 6.24. The van der Waals surface area contributed by atoms with Crippen LogP contribution >= 0.6 is 11.3 Å². The van der Waals surface area contributed by atoms with Gasteiger partial charge in [-0.3, -0.25) is 9.59 Å². The Bertz CT molecular complexity index is 785. The van der Waals surface area contributed by atoms with Crippen molar-refractivity contribution >= 4 is 34.2 Å². The van der Waals surface area contributed by atoms with E-state index in [2.05, 4.69) is 5.32 Å². The molecule has 0 aliphatic carbocycles. The fourth-order valence-corrected chi connectivity index (χ4v) is 3.08. The fourth-order valence-electron chi connectivity index (χ4n) is 2.11. The highest BCUT2D eigenvalue weighted by molar-refractivity contribution is 7.15. The molecule has 6 nitrogen and oxygen atoms in total. The molecule has 2 aromatic rings. The molecule has 0 aliphatic rings. The number of carboxylic acid groups (broad SMARTS) is 1. The summed E-state index contributed by atoms with van der Waals surface area (Å²) in [6, 6.07) is 5.59. The maximum absolute atomic E-state index is 13.1. The Morgan fingerprint density at radius 2 is 1.88 bits per heavy atom. The molecule has 0 fully saturated rings. The van der Waals surface area contributed by atoms with Crippen LogP contribution < -0.4 is 5.32 Å². The standard InChI is InChI=1S/C17H16FNO5S/c1-2-24-17(23)15-12(10-3-5-11(18)6-4-10)9-25-16(15)19-13(20)7-8-14(21)22/h3-6,9H,2,7-8H2,1H3,(H,19,20)(H,21,22). The van der Waals surface area contributed by atoms with Gasteiger partial charge in [-0.15, -0.1) is 11.3 Å². The summed E-state index contributed by atoms with van der Waals surface area (Å²) in [6.07, 6.45) is -0.516. The van der Waals surface area contributed by atoms with Gasteiger partial charge in [-0.05, 0) is 24.6 Å². The fraction of sp³-hybridized carbons (Fsp3) is 0.235. The number of amides is 1. The van der Waals surface area contributed by atoms with E-state index in [1.54, 1.807) is 12.3 Å². The number of nitrogens with one attached hydrogen (secondary N) is 1. The van der Waals surface area contributed by atoms with Gasteiger partial charge in [0.05, 0.1) is 13.0 Å². The number of thiophene rings is 1. The molecule has 1 aromatic heterocycles. The van der Waals surface area contributed by atoms with Gasteiger partial charge in [-0.2, -0.15) is 0 Å². The van der Waals surface area contributed by atoms with E-state index in [0.29, 0.717) is 11.1 Å². The summed E-state index contributed by atoms with van der Waals surface area (Å²) >= 11 is 1.12. The molecule has 1 amide bonds. The summed E-state index contributed by atoms with van der Waals surface area (Å²) in [7, 11) is 0. The number of hydrogen-bond acceptors (Lipinski definition) is 5. The molecule has 0 spiro atoms. The molecule has 8 heteroatoms. The molecule has 0 bridgehead atoms. The van der Waals surface area contributed by atoms with Crippen LogP contribution in [0.3, 0.4) is 0 Å². The number of benzene rings is 1. The number of esters is 1. The normalized spacial score (nSPS) is 10.3. The Morgan fingerprint density at radius 3 is 2.48 bits per heavy atom. The van der Waals surface area contributed by atoms with Gasteiger partial charge in [0.15, 0.2) is 0 Å². The molecular weight excluding hydrogens is 349 g/mol. The third kappa shape index (κ3) is 4.87. The summed E-state index contributed by atoms with van der Waals surface area (Å²) in [5.41, 5.74) is 1.28. The third-order valence-electron chi connectivity index (χ3n) is 3.24. The molecule has 0 atom stereocenters. The van der Waals surface area contributed by atoms with Gasteiger partial charge in [-0.25, -0.2) is 9.18 Å². The van der Waals surface area contributed by atoms with Crippen LogP contribution in [-0.4, -0.2) is 29.6 Å². The summed E-state index contributed by atoms with van der Waals surface area (Å²) < 4.78 is 18.2. The number of carbonyl (C=O) groups excluding carboxylic acids is 2. The Hall–Kier alpha value is -2.74. The van der Waals surface area contributed by atoms with Crippen molar-refractivity contribution in [3.8, 4) is 11.1 Å². The lowest BCUT2D eigenvalue weighted by molar-refractivity contribution is -0.138. The van der Waals surface area contributed by atoms with Crippen molar-refractivity contribution in [2.24, 2.45) is 0 Å². The van der Waals surface area contributed by atoms with Gasteiger partial charge in [0.25, 0.3) is 0 Å². The molecule has 2 rings (SSSR count). The molecule has 0 unspecified atom stereocenters. The van der Waals surface area contributed by atoms with Crippen molar-refractivity contribution in [3.05, 3.63) is 41.0 Å². The molecule has 25 heavy (non-hydrogen) atoms. The zero-order chi connectivity index (χ0) is 18.4. The Balaban J connectivity index is 2.33. The van der Waals surface area contributed by atoms with Gasteiger partial charge >= 0.3 is 11.9 Å². The van der Waals surface area contributed by atoms with Crippen LogP contribution in [0.4, 0.5) is 9.39 Å². The zero-order valence-corrected chi connectivity index (χ0v) is 14.2. The van der Waals surface area contributed by atoms with E-state index in [-0.39, 0.29) is 30.0 Å². The highest BCUT2D eigenvalue weighted by atomic mass is 32.1. The SMILES string of the molecule is CCOC(=O)c1c(-c2ccc(F)cc2)csc1NC(=O)CCC(=O)O. The van der Waals surface area contributed by atoms with Crippen LogP contribution in [0.5, 0.6) is 0 Å². The number of ether oxygens (including phenoxy) is 1. The summed E-state index contributed by atoms with van der Waals surface area (Å²) in [5, 5.41) is 13.1. The van der Waals surface area contributed by atoms with Gasteiger partial charge in [0.1, 0.15) is 16.4 Å². The molecule has 0 aliphatic heterocycles. The lowest BCUT2D eigenvalue weighted by Crippen LogP contribution is -2.15. The number of anilines is 1. The average Bonchev–Trinajstić information content (AvgIpc) is 2.97. The topological polar surface area (TPSA) is 92.7 Å². The summed E-state index contributed by atoms with van der Waals surface area (Å²) in [4.78, 5) is 34.7. The minimum Gasteiger partial charge on any atom is -0.481 e. The van der Waals surface area contributed by atoms with Crippen molar-refractivity contribution < 1.29 is 28.6 Å². The number of halogens is 1. The summed E-state index contributed by atoms with van der Waals surface area (Å²) in [5.74, 6) is -2.62. The van der Waals surface area contributed by atoms with Crippen molar-refractivity contribution in [3.63, 3.8) is 0 Å². The van der Waals surface area contributed by atoms with Crippen LogP contribution in [0, 0.1) is 5.82 Å². The molecular formula is C17H16FNO5S. The molecule has 1 aromatic carbocycles. The van der Waals surface area contributed by atoms with E-state index in [0.717, 1.165) is 11.3 Å². The minimum absolute atomic E-state index is 0.157. The lowest BCUT2D eigenvalue weighted by Gasteiger charge is -2.08. The van der Waals surface area contributed by atoms with Gasteiger partial charge in [0.2, 0.25) is 5.91 Å². The first-order valence-corrected chi connectivity index (χ1v) is 8.36. The first-order valence-electron chi connectivity index (χ1n) is 7.48. The van der Waals surface area contributed by atoms with E-state index >= 15 is 0 Å². The van der Waals surface area contributed by atoms with Crippen molar-refractivity contribution in [2.75, 3.05) is 11.9 Å². The zero-order valence-electron chi connectivity index (χ0n) is 13.4. The van der Waals surface area contributed by atoms with Crippen molar-refractivity contribution in [1.29, 1.82) is 0 Å². The van der Waals surface area contributed by atoms with Crippen LogP contribution in [0.25, 0.3) is 11.1 Å². The summed E-state index contributed by atoms with van der Waals surface area (Å²) in [6.45, 7) is 1.82. The van der Waals surface area contributed by atoms with Gasteiger partial charge in [-0.1, -0.05) is 12.1 Å². The molecule has 0 radical (unpaired) electrons. The largest absolute Gasteiger partial charge is 0.481 e. The third-order valence-corrected chi connectivity index (χ3v) is 4.14. The quantitative estimate of drug-likeness (QED) is 0.732. The monoisotopic (exact) mass is 365 g/mol. The predicted octanol–water partition coefficient (Wildman–Crippen LogP) is 3.53. The van der Waals surface area contributed by atoms with Crippen LogP contribution in [0.15, 0.2) is 29.6 Å². The highest BCUT2D eigenvalue weighted by Gasteiger charge is 2.23. The molecule has 132 valence electrons. The van der Waals surface area contributed by atoms with E-state index in [9.17, 15) is 18.8 Å².